The summed E-state index contributed by atoms with van der Waals surface area (Å²) < 4.78 is 5.66. The third kappa shape index (κ3) is 4.12. The highest BCUT2D eigenvalue weighted by atomic mass is 35.5. The van der Waals surface area contributed by atoms with E-state index in [4.69, 9.17) is 4.74 Å². The van der Waals surface area contributed by atoms with Gasteiger partial charge in [-0.05, 0) is 51.7 Å². The van der Waals surface area contributed by atoms with Crippen molar-refractivity contribution < 1.29 is 4.74 Å². The van der Waals surface area contributed by atoms with Crippen LogP contribution in [-0.2, 0) is 4.74 Å². The highest BCUT2D eigenvalue weighted by molar-refractivity contribution is 5.98. The van der Waals surface area contributed by atoms with E-state index in [0.29, 0.717) is 24.2 Å². The lowest BCUT2D eigenvalue weighted by Crippen LogP contribution is -2.49. The molecule has 5 heteroatoms. The summed E-state index contributed by atoms with van der Waals surface area (Å²) >= 11 is 0. The van der Waals surface area contributed by atoms with Gasteiger partial charge in [0.2, 0.25) is 0 Å². The molecule has 4 rings (SSSR count). The van der Waals surface area contributed by atoms with E-state index in [2.05, 4.69) is 54.4 Å². The number of ether oxygens (including phenoxy) is 1. The number of nitrogens with one attached hydrogen (secondary N) is 1. The molecular formula is C23H30ClN3O. The van der Waals surface area contributed by atoms with E-state index in [9.17, 15) is 5.26 Å². The minimum atomic E-state index is 0. The maximum atomic E-state index is 9.44. The Balaban J connectivity index is 0.00000225. The van der Waals surface area contributed by atoms with Crippen LogP contribution in [0.15, 0.2) is 36.4 Å². The van der Waals surface area contributed by atoms with Gasteiger partial charge in [-0.3, -0.25) is 0 Å². The summed E-state index contributed by atoms with van der Waals surface area (Å²) in [4.78, 5) is 2.65. The molecule has 2 saturated heterocycles. The highest BCUT2D eigenvalue weighted by Crippen LogP contribution is 2.42. The standard InChI is InChI=1S/C23H29N3O.ClH/c1-16(2)27-12-11-25-18-13-19-8-9-20(14-18)26(19)23-10-7-17(15-24)21-5-3-4-6-22(21)23;/h3-7,10,16,18-20,25H,8-9,11-14H2,1-2H3;1H. The van der Waals surface area contributed by atoms with Crippen molar-refractivity contribution in [1.82, 2.24) is 5.32 Å². The van der Waals surface area contributed by atoms with Gasteiger partial charge in [-0.15, -0.1) is 12.4 Å². The lowest BCUT2D eigenvalue weighted by Gasteiger charge is -2.41. The number of rotatable bonds is 6. The highest BCUT2D eigenvalue weighted by Gasteiger charge is 2.41. The number of anilines is 1. The number of hydrogen-bond donors (Lipinski definition) is 1. The van der Waals surface area contributed by atoms with Gasteiger partial charge in [-0.25, -0.2) is 0 Å². The van der Waals surface area contributed by atoms with Crippen LogP contribution in [0.3, 0.4) is 0 Å². The van der Waals surface area contributed by atoms with Gasteiger partial charge < -0.3 is 15.0 Å². The van der Waals surface area contributed by atoms with Gasteiger partial charge in [-0.2, -0.15) is 5.26 Å². The largest absolute Gasteiger partial charge is 0.377 e. The molecule has 2 atom stereocenters. The van der Waals surface area contributed by atoms with Crippen molar-refractivity contribution in [3.63, 3.8) is 0 Å². The van der Waals surface area contributed by atoms with Crippen molar-refractivity contribution in [3.05, 3.63) is 42.0 Å². The van der Waals surface area contributed by atoms with Crippen LogP contribution in [0, 0.1) is 11.3 Å². The molecule has 2 heterocycles. The Bertz CT molecular complexity index is 833. The first-order valence-electron chi connectivity index (χ1n) is 10.2. The van der Waals surface area contributed by atoms with E-state index in [0.717, 1.165) is 24.1 Å². The molecule has 0 radical (unpaired) electrons. The molecule has 2 unspecified atom stereocenters. The number of nitrogens with zero attached hydrogens (tertiary/aromatic N) is 2. The first-order chi connectivity index (χ1) is 13.2. The summed E-state index contributed by atoms with van der Waals surface area (Å²) in [6, 6.07) is 16.6. The quantitative estimate of drug-likeness (QED) is 0.718. The van der Waals surface area contributed by atoms with Crippen molar-refractivity contribution in [2.24, 2.45) is 0 Å². The van der Waals surface area contributed by atoms with Crippen molar-refractivity contribution in [3.8, 4) is 6.07 Å². The second-order valence-electron chi connectivity index (χ2n) is 8.12. The zero-order valence-electron chi connectivity index (χ0n) is 16.7. The molecule has 0 amide bonds. The molecule has 2 aliphatic rings. The molecule has 2 bridgehead atoms. The predicted molar refractivity (Wildman–Crippen MR) is 117 cm³/mol. The van der Waals surface area contributed by atoms with E-state index in [1.807, 2.05) is 12.1 Å². The Morgan fingerprint density at radius 1 is 1.11 bits per heavy atom. The number of nitriles is 1. The minimum Gasteiger partial charge on any atom is -0.377 e. The predicted octanol–water partition coefficient (Wildman–Crippen LogP) is 4.65. The topological polar surface area (TPSA) is 48.3 Å². The maximum Gasteiger partial charge on any atom is 0.0998 e. The molecule has 0 spiro atoms. The lowest BCUT2D eigenvalue weighted by molar-refractivity contribution is 0.0784. The lowest BCUT2D eigenvalue weighted by atomic mass is 9.94. The van der Waals surface area contributed by atoms with Crippen LogP contribution in [-0.4, -0.2) is 37.4 Å². The molecule has 4 nitrogen and oxygen atoms in total. The summed E-state index contributed by atoms with van der Waals surface area (Å²) in [6.07, 6.45) is 5.20. The smallest absolute Gasteiger partial charge is 0.0998 e. The van der Waals surface area contributed by atoms with Gasteiger partial charge in [0.25, 0.3) is 0 Å². The van der Waals surface area contributed by atoms with E-state index in [1.54, 1.807) is 0 Å². The minimum absolute atomic E-state index is 0. The molecule has 2 aliphatic heterocycles. The fourth-order valence-corrected chi connectivity index (χ4v) is 4.90. The molecular weight excluding hydrogens is 370 g/mol. The molecule has 1 N–H and O–H groups in total. The Hall–Kier alpha value is -1.80. The maximum absolute atomic E-state index is 9.44. The summed E-state index contributed by atoms with van der Waals surface area (Å²) in [5, 5.41) is 15.4. The molecule has 0 aromatic heterocycles. The number of halogens is 1. The Morgan fingerprint density at radius 2 is 1.79 bits per heavy atom. The van der Waals surface area contributed by atoms with Crippen molar-refractivity contribution >= 4 is 28.9 Å². The summed E-state index contributed by atoms with van der Waals surface area (Å²) in [6.45, 7) is 5.89. The zero-order chi connectivity index (χ0) is 18.8. The van der Waals surface area contributed by atoms with Crippen LogP contribution in [0.5, 0.6) is 0 Å². The number of piperidine rings is 1. The monoisotopic (exact) mass is 399 g/mol. The number of benzene rings is 2. The van der Waals surface area contributed by atoms with Crippen molar-refractivity contribution in [2.45, 2.75) is 63.8 Å². The summed E-state index contributed by atoms with van der Waals surface area (Å²) in [5.41, 5.74) is 2.07. The van der Waals surface area contributed by atoms with Gasteiger partial charge in [0.05, 0.1) is 24.3 Å². The molecule has 0 aliphatic carbocycles. The fraction of sp³-hybridized carbons (Fsp3) is 0.522. The average molecular weight is 400 g/mol. The Labute approximate surface area is 174 Å². The van der Waals surface area contributed by atoms with Crippen LogP contribution in [0.1, 0.15) is 45.1 Å². The fourth-order valence-electron chi connectivity index (χ4n) is 4.90. The van der Waals surface area contributed by atoms with E-state index >= 15 is 0 Å². The first-order valence-corrected chi connectivity index (χ1v) is 10.2. The third-order valence-corrected chi connectivity index (χ3v) is 6.02. The van der Waals surface area contributed by atoms with Gasteiger partial charge in [0, 0.05) is 41.1 Å². The van der Waals surface area contributed by atoms with Crippen LogP contribution in [0.2, 0.25) is 0 Å². The first kappa shape index (κ1) is 20.9. The van der Waals surface area contributed by atoms with E-state index < -0.39 is 0 Å². The molecule has 2 fully saturated rings. The van der Waals surface area contributed by atoms with E-state index in [-0.39, 0.29) is 12.4 Å². The number of fused-ring (bicyclic) bond motifs is 3. The van der Waals surface area contributed by atoms with E-state index in [1.165, 1.54) is 36.8 Å². The molecule has 28 heavy (non-hydrogen) atoms. The average Bonchev–Trinajstić information content (AvgIpc) is 2.93. The molecule has 2 aromatic carbocycles. The summed E-state index contributed by atoms with van der Waals surface area (Å²) in [5.74, 6) is 0. The second-order valence-corrected chi connectivity index (χ2v) is 8.12. The van der Waals surface area contributed by atoms with Crippen molar-refractivity contribution in [2.75, 3.05) is 18.1 Å². The SMILES string of the molecule is CC(C)OCCNC1CC2CCC(C1)N2c1ccc(C#N)c2ccccc12.Cl. The van der Waals surface area contributed by atoms with Gasteiger partial charge in [0.1, 0.15) is 0 Å². The van der Waals surface area contributed by atoms with Crippen LogP contribution in [0.25, 0.3) is 10.8 Å². The van der Waals surface area contributed by atoms with Crippen LogP contribution >= 0.6 is 12.4 Å². The molecule has 150 valence electrons. The van der Waals surface area contributed by atoms with Crippen LogP contribution in [0.4, 0.5) is 5.69 Å². The molecule has 0 saturated carbocycles. The Kier molecular flexibility index (Phi) is 6.82. The normalized spacial score (nSPS) is 23.6. The van der Waals surface area contributed by atoms with Gasteiger partial charge in [-0.1, -0.05) is 24.3 Å². The summed E-state index contributed by atoms with van der Waals surface area (Å²) in [7, 11) is 0. The number of hydrogen-bond acceptors (Lipinski definition) is 4. The van der Waals surface area contributed by atoms with Gasteiger partial charge in [0.15, 0.2) is 0 Å². The third-order valence-electron chi connectivity index (χ3n) is 6.02. The molecule has 2 aromatic rings. The second kappa shape index (κ2) is 9.13. The van der Waals surface area contributed by atoms with Crippen molar-refractivity contribution in [1.29, 1.82) is 5.26 Å². The zero-order valence-corrected chi connectivity index (χ0v) is 17.5. The van der Waals surface area contributed by atoms with Gasteiger partial charge >= 0.3 is 0 Å². The Morgan fingerprint density at radius 3 is 2.43 bits per heavy atom. The van der Waals surface area contributed by atoms with Crippen LogP contribution < -0.4 is 10.2 Å².